The van der Waals surface area contributed by atoms with Crippen LogP contribution in [0.5, 0.6) is 0 Å². The van der Waals surface area contributed by atoms with Gasteiger partial charge in [-0.15, -0.1) is 0 Å². The van der Waals surface area contributed by atoms with Crippen LogP contribution < -0.4 is 5.32 Å². The van der Waals surface area contributed by atoms with Crippen LogP contribution in [-0.2, 0) is 6.54 Å². The molecule has 0 bridgehead atoms. The lowest BCUT2D eigenvalue weighted by Crippen LogP contribution is -2.15. The lowest BCUT2D eigenvalue weighted by molar-refractivity contribution is 0.565. The SMILES string of the molecule is Cc1cc(CNC2CC2)ccc1Sc1ccc(F)cc1F. The van der Waals surface area contributed by atoms with E-state index in [0.717, 1.165) is 23.1 Å². The van der Waals surface area contributed by atoms with E-state index >= 15 is 0 Å². The summed E-state index contributed by atoms with van der Waals surface area (Å²) < 4.78 is 26.6. The number of hydrogen-bond donors (Lipinski definition) is 1. The Morgan fingerprint density at radius 1 is 1.10 bits per heavy atom. The normalized spacial score (nSPS) is 14.4. The van der Waals surface area contributed by atoms with Gasteiger partial charge in [0.1, 0.15) is 11.6 Å². The van der Waals surface area contributed by atoms with Gasteiger partial charge in [0.2, 0.25) is 0 Å². The second-order valence-corrected chi connectivity index (χ2v) is 6.52. The fourth-order valence-electron chi connectivity index (χ4n) is 2.16. The van der Waals surface area contributed by atoms with Crippen LogP contribution >= 0.6 is 11.8 Å². The zero-order valence-corrected chi connectivity index (χ0v) is 12.6. The van der Waals surface area contributed by atoms with E-state index in [9.17, 15) is 8.78 Å². The lowest BCUT2D eigenvalue weighted by Gasteiger charge is -2.09. The lowest BCUT2D eigenvalue weighted by atomic mass is 10.1. The van der Waals surface area contributed by atoms with E-state index in [1.807, 2.05) is 13.0 Å². The minimum Gasteiger partial charge on any atom is -0.310 e. The van der Waals surface area contributed by atoms with Crippen molar-refractivity contribution in [1.29, 1.82) is 0 Å². The number of benzene rings is 2. The third-order valence-corrected chi connectivity index (χ3v) is 4.75. The highest BCUT2D eigenvalue weighted by atomic mass is 32.2. The second-order valence-electron chi connectivity index (χ2n) is 5.43. The highest BCUT2D eigenvalue weighted by molar-refractivity contribution is 7.99. The zero-order chi connectivity index (χ0) is 14.8. The monoisotopic (exact) mass is 305 g/mol. The van der Waals surface area contributed by atoms with Crippen molar-refractivity contribution < 1.29 is 8.78 Å². The molecule has 1 N–H and O–H groups in total. The summed E-state index contributed by atoms with van der Waals surface area (Å²) >= 11 is 1.33. The topological polar surface area (TPSA) is 12.0 Å². The van der Waals surface area contributed by atoms with Crippen molar-refractivity contribution >= 4 is 11.8 Å². The van der Waals surface area contributed by atoms with Crippen molar-refractivity contribution in [3.05, 3.63) is 59.2 Å². The molecular weight excluding hydrogens is 288 g/mol. The quantitative estimate of drug-likeness (QED) is 0.861. The maximum absolute atomic E-state index is 13.7. The summed E-state index contributed by atoms with van der Waals surface area (Å²) in [7, 11) is 0. The largest absolute Gasteiger partial charge is 0.310 e. The molecule has 0 aliphatic heterocycles. The second kappa shape index (κ2) is 6.16. The molecule has 0 saturated heterocycles. The first kappa shape index (κ1) is 14.5. The number of aryl methyl sites for hydroxylation is 1. The van der Waals surface area contributed by atoms with Crippen LogP contribution in [0.4, 0.5) is 8.78 Å². The Labute approximate surface area is 127 Å². The van der Waals surface area contributed by atoms with Gasteiger partial charge in [-0.1, -0.05) is 23.9 Å². The van der Waals surface area contributed by atoms with Gasteiger partial charge in [-0.3, -0.25) is 0 Å². The fourth-order valence-corrected chi connectivity index (χ4v) is 3.05. The molecule has 1 nitrogen and oxygen atoms in total. The van der Waals surface area contributed by atoms with Gasteiger partial charge in [0, 0.05) is 28.4 Å². The Balaban J connectivity index is 1.72. The molecule has 0 amide bonds. The highest BCUT2D eigenvalue weighted by Crippen LogP contribution is 2.32. The van der Waals surface area contributed by atoms with E-state index in [1.165, 1.54) is 42.3 Å². The maximum Gasteiger partial charge on any atom is 0.140 e. The molecule has 110 valence electrons. The third kappa shape index (κ3) is 3.83. The molecule has 21 heavy (non-hydrogen) atoms. The third-order valence-electron chi connectivity index (χ3n) is 3.53. The summed E-state index contributed by atoms with van der Waals surface area (Å²) in [5.74, 6) is -1.06. The van der Waals surface area contributed by atoms with E-state index < -0.39 is 11.6 Å². The van der Waals surface area contributed by atoms with Gasteiger partial charge in [0.05, 0.1) is 0 Å². The number of hydrogen-bond acceptors (Lipinski definition) is 2. The Morgan fingerprint density at radius 2 is 1.86 bits per heavy atom. The summed E-state index contributed by atoms with van der Waals surface area (Å²) in [5.41, 5.74) is 2.35. The van der Waals surface area contributed by atoms with Crippen LogP contribution in [0.25, 0.3) is 0 Å². The Morgan fingerprint density at radius 3 is 2.52 bits per heavy atom. The van der Waals surface area contributed by atoms with Crippen molar-refractivity contribution in [3.8, 4) is 0 Å². The molecule has 2 aromatic carbocycles. The molecule has 0 atom stereocenters. The molecule has 1 saturated carbocycles. The number of halogens is 2. The molecule has 1 aliphatic rings. The van der Waals surface area contributed by atoms with Crippen LogP contribution in [0.2, 0.25) is 0 Å². The smallest absolute Gasteiger partial charge is 0.140 e. The van der Waals surface area contributed by atoms with Gasteiger partial charge in [-0.2, -0.15) is 0 Å². The molecule has 4 heteroatoms. The van der Waals surface area contributed by atoms with Crippen molar-refractivity contribution in [2.24, 2.45) is 0 Å². The Kier molecular flexibility index (Phi) is 4.27. The molecule has 1 fully saturated rings. The summed E-state index contributed by atoms with van der Waals surface area (Å²) in [6.45, 7) is 2.89. The van der Waals surface area contributed by atoms with Crippen LogP contribution in [-0.4, -0.2) is 6.04 Å². The van der Waals surface area contributed by atoms with E-state index in [4.69, 9.17) is 0 Å². The summed E-state index contributed by atoms with van der Waals surface area (Å²) in [6.07, 6.45) is 2.55. The van der Waals surface area contributed by atoms with Gasteiger partial charge in [0.15, 0.2) is 0 Å². The average Bonchev–Trinajstić information content (AvgIpc) is 3.26. The molecule has 0 heterocycles. The van der Waals surface area contributed by atoms with Gasteiger partial charge < -0.3 is 5.32 Å². The van der Waals surface area contributed by atoms with Gasteiger partial charge >= 0.3 is 0 Å². The first-order chi connectivity index (χ1) is 10.1. The van der Waals surface area contributed by atoms with Gasteiger partial charge in [0.25, 0.3) is 0 Å². The summed E-state index contributed by atoms with van der Waals surface area (Å²) in [6, 6.07) is 10.6. The van der Waals surface area contributed by atoms with Gasteiger partial charge in [-0.25, -0.2) is 8.78 Å². The van der Waals surface area contributed by atoms with Crippen LogP contribution in [0.3, 0.4) is 0 Å². The Bertz CT molecular complexity index is 653. The van der Waals surface area contributed by atoms with Crippen molar-refractivity contribution in [1.82, 2.24) is 5.32 Å². The fraction of sp³-hybridized carbons (Fsp3) is 0.294. The average molecular weight is 305 g/mol. The predicted molar refractivity (Wildman–Crippen MR) is 81.5 cm³/mol. The van der Waals surface area contributed by atoms with E-state index in [1.54, 1.807) is 0 Å². The van der Waals surface area contributed by atoms with Crippen LogP contribution in [0, 0.1) is 18.6 Å². The predicted octanol–water partition coefficient (Wildman–Crippen LogP) is 4.68. The zero-order valence-electron chi connectivity index (χ0n) is 11.8. The minimum absolute atomic E-state index is 0.448. The molecule has 1 aliphatic carbocycles. The minimum atomic E-state index is -0.546. The molecule has 0 radical (unpaired) electrons. The first-order valence-electron chi connectivity index (χ1n) is 7.07. The summed E-state index contributed by atoms with van der Waals surface area (Å²) in [4.78, 5) is 1.44. The van der Waals surface area contributed by atoms with Crippen molar-refractivity contribution in [2.45, 2.75) is 42.1 Å². The molecule has 0 unspecified atom stereocenters. The molecule has 0 aromatic heterocycles. The standard InChI is InChI=1S/C17H17F2NS/c1-11-8-12(10-20-14-4-5-14)2-6-16(11)21-17-7-3-13(18)9-15(17)19/h2-3,6-9,14,20H,4-5,10H2,1H3. The van der Waals surface area contributed by atoms with Crippen molar-refractivity contribution in [3.63, 3.8) is 0 Å². The molecule has 2 aromatic rings. The Hall–Kier alpha value is -1.39. The highest BCUT2D eigenvalue weighted by Gasteiger charge is 2.20. The first-order valence-corrected chi connectivity index (χ1v) is 7.89. The molecule has 3 rings (SSSR count). The van der Waals surface area contributed by atoms with Crippen molar-refractivity contribution in [2.75, 3.05) is 0 Å². The number of nitrogens with one attached hydrogen (secondary N) is 1. The van der Waals surface area contributed by atoms with Crippen LogP contribution in [0.1, 0.15) is 24.0 Å². The van der Waals surface area contributed by atoms with E-state index in [0.29, 0.717) is 10.9 Å². The van der Waals surface area contributed by atoms with Crippen LogP contribution in [0.15, 0.2) is 46.2 Å². The molecular formula is C17H17F2NS. The summed E-state index contributed by atoms with van der Waals surface area (Å²) in [5, 5.41) is 3.48. The maximum atomic E-state index is 13.7. The van der Waals surface area contributed by atoms with E-state index in [2.05, 4.69) is 17.4 Å². The van der Waals surface area contributed by atoms with Gasteiger partial charge in [-0.05, 0) is 49.1 Å². The van der Waals surface area contributed by atoms with E-state index in [-0.39, 0.29) is 0 Å². The molecule has 0 spiro atoms. The number of rotatable bonds is 5.